The van der Waals surface area contributed by atoms with Gasteiger partial charge in [-0.1, -0.05) is 30.1 Å². The van der Waals surface area contributed by atoms with Gasteiger partial charge in [-0.25, -0.2) is 0 Å². The quantitative estimate of drug-likeness (QED) is 0.688. The Morgan fingerprint density at radius 1 is 1.37 bits per heavy atom. The van der Waals surface area contributed by atoms with Crippen LogP contribution >= 0.6 is 23.2 Å². The summed E-state index contributed by atoms with van der Waals surface area (Å²) in [6, 6.07) is 4.90. The van der Waals surface area contributed by atoms with E-state index in [1.54, 1.807) is 18.2 Å². The molecule has 6 heteroatoms. The van der Waals surface area contributed by atoms with Gasteiger partial charge in [0.05, 0.1) is 11.6 Å². The van der Waals surface area contributed by atoms with Crippen molar-refractivity contribution in [2.24, 2.45) is 0 Å². The second-order valence-electron chi connectivity index (χ2n) is 4.24. The standard InChI is InChI=1S/C13H19Cl2NO3/c1-2-10(7-17)16-6-11(18)8-19-13-5-9(14)3-4-12(13)15/h3-5,10-11,16-18H,2,6-8H2,1H3. The van der Waals surface area contributed by atoms with Crippen LogP contribution < -0.4 is 10.1 Å². The number of nitrogens with one attached hydrogen (secondary N) is 1. The Hall–Kier alpha value is -0.520. The Morgan fingerprint density at radius 2 is 2.11 bits per heavy atom. The maximum atomic E-state index is 9.77. The van der Waals surface area contributed by atoms with Crippen LogP contribution in [-0.2, 0) is 0 Å². The third-order valence-electron chi connectivity index (χ3n) is 2.68. The lowest BCUT2D eigenvalue weighted by Crippen LogP contribution is -2.39. The van der Waals surface area contributed by atoms with Crippen molar-refractivity contribution in [1.29, 1.82) is 0 Å². The van der Waals surface area contributed by atoms with Crippen molar-refractivity contribution >= 4 is 23.2 Å². The number of benzene rings is 1. The first-order valence-corrected chi connectivity index (χ1v) is 6.92. The molecule has 4 nitrogen and oxygen atoms in total. The van der Waals surface area contributed by atoms with Crippen molar-refractivity contribution in [3.05, 3.63) is 28.2 Å². The van der Waals surface area contributed by atoms with Crippen LogP contribution in [0.25, 0.3) is 0 Å². The summed E-state index contributed by atoms with van der Waals surface area (Å²) in [5.74, 6) is 0.447. The number of ether oxygens (including phenoxy) is 1. The molecule has 108 valence electrons. The summed E-state index contributed by atoms with van der Waals surface area (Å²) in [5.41, 5.74) is 0. The molecule has 0 amide bonds. The van der Waals surface area contributed by atoms with Crippen LogP contribution in [-0.4, -0.2) is 42.1 Å². The third kappa shape index (κ3) is 5.97. The number of aliphatic hydroxyl groups excluding tert-OH is 2. The molecule has 0 spiro atoms. The molecule has 2 atom stereocenters. The van der Waals surface area contributed by atoms with Gasteiger partial charge in [-0.3, -0.25) is 0 Å². The van der Waals surface area contributed by atoms with Crippen molar-refractivity contribution in [2.75, 3.05) is 19.8 Å². The van der Waals surface area contributed by atoms with E-state index in [0.29, 0.717) is 22.3 Å². The molecule has 1 aromatic carbocycles. The van der Waals surface area contributed by atoms with Gasteiger partial charge in [0.15, 0.2) is 0 Å². The minimum absolute atomic E-state index is 0.00981. The maximum absolute atomic E-state index is 9.77. The maximum Gasteiger partial charge on any atom is 0.139 e. The minimum Gasteiger partial charge on any atom is -0.489 e. The fourth-order valence-electron chi connectivity index (χ4n) is 1.47. The first kappa shape index (κ1) is 16.5. The predicted molar refractivity (Wildman–Crippen MR) is 77.1 cm³/mol. The van der Waals surface area contributed by atoms with E-state index in [0.717, 1.165) is 6.42 Å². The number of hydrogen-bond acceptors (Lipinski definition) is 4. The van der Waals surface area contributed by atoms with Gasteiger partial charge in [0.25, 0.3) is 0 Å². The fraction of sp³-hybridized carbons (Fsp3) is 0.538. The molecule has 0 heterocycles. The van der Waals surface area contributed by atoms with E-state index in [2.05, 4.69) is 5.32 Å². The first-order chi connectivity index (χ1) is 9.06. The van der Waals surface area contributed by atoms with Gasteiger partial charge in [0.2, 0.25) is 0 Å². The second kappa shape index (κ2) is 8.61. The molecule has 19 heavy (non-hydrogen) atoms. The number of rotatable bonds is 8. The SMILES string of the molecule is CCC(CO)NCC(O)COc1cc(Cl)ccc1Cl. The summed E-state index contributed by atoms with van der Waals surface area (Å²) >= 11 is 11.8. The molecule has 0 fully saturated rings. The van der Waals surface area contributed by atoms with Crippen molar-refractivity contribution < 1.29 is 14.9 Å². The van der Waals surface area contributed by atoms with Crippen LogP contribution in [0.15, 0.2) is 18.2 Å². The van der Waals surface area contributed by atoms with E-state index >= 15 is 0 Å². The zero-order valence-corrected chi connectivity index (χ0v) is 12.3. The van der Waals surface area contributed by atoms with Crippen molar-refractivity contribution in [1.82, 2.24) is 5.32 Å². The molecule has 0 saturated carbocycles. The highest BCUT2D eigenvalue weighted by Gasteiger charge is 2.10. The number of halogens is 2. The minimum atomic E-state index is -0.685. The second-order valence-corrected chi connectivity index (χ2v) is 5.08. The first-order valence-electron chi connectivity index (χ1n) is 6.17. The lowest BCUT2D eigenvalue weighted by atomic mass is 10.2. The smallest absolute Gasteiger partial charge is 0.139 e. The van der Waals surface area contributed by atoms with Gasteiger partial charge < -0.3 is 20.3 Å². The Balaban J connectivity index is 2.37. The molecular weight excluding hydrogens is 289 g/mol. The Bertz CT molecular complexity index is 386. The molecule has 0 aromatic heterocycles. The van der Waals surface area contributed by atoms with E-state index in [-0.39, 0.29) is 19.3 Å². The highest BCUT2D eigenvalue weighted by Crippen LogP contribution is 2.27. The van der Waals surface area contributed by atoms with Crippen LogP contribution in [0.1, 0.15) is 13.3 Å². The summed E-state index contributed by atoms with van der Waals surface area (Å²) in [7, 11) is 0. The van der Waals surface area contributed by atoms with Gasteiger partial charge in [-0.05, 0) is 18.6 Å². The van der Waals surface area contributed by atoms with Gasteiger partial charge >= 0.3 is 0 Å². The summed E-state index contributed by atoms with van der Waals surface area (Å²) in [6.45, 7) is 2.46. The number of aliphatic hydroxyl groups is 2. The van der Waals surface area contributed by atoms with Crippen molar-refractivity contribution in [2.45, 2.75) is 25.5 Å². The number of hydrogen-bond donors (Lipinski definition) is 3. The molecule has 0 radical (unpaired) electrons. The topological polar surface area (TPSA) is 61.7 Å². The van der Waals surface area contributed by atoms with E-state index < -0.39 is 6.10 Å². The van der Waals surface area contributed by atoms with E-state index in [1.807, 2.05) is 6.92 Å². The zero-order valence-electron chi connectivity index (χ0n) is 10.8. The Morgan fingerprint density at radius 3 is 2.74 bits per heavy atom. The Labute approximate surface area is 123 Å². The van der Waals surface area contributed by atoms with Crippen LogP contribution in [0.2, 0.25) is 10.0 Å². The highest BCUT2D eigenvalue weighted by atomic mass is 35.5. The van der Waals surface area contributed by atoms with Crippen molar-refractivity contribution in [3.8, 4) is 5.75 Å². The third-order valence-corrected chi connectivity index (χ3v) is 3.23. The lowest BCUT2D eigenvalue weighted by Gasteiger charge is -2.18. The van der Waals surface area contributed by atoms with Crippen LogP contribution in [0.3, 0.4) is 0 Å². The normalized spacial score (nSPS) is 14.2. The Kier molecular flexibility index (Phi) is 7.49. The molecule has 0 saturated heterocycles. The predicted octanol–water partition coefficient (Wildman–Crippen LogP) is 2.09. The lowest BCUT2D eigenvalue weighted by molar-refractivity contribution is 0.0995. The molecule has 0 aliphatic rings. The van der Waals surface area contributed by atoms with Crippen LogP contribution in [0.4, 0.5) is 0 Å². The average molecular weight is 308 g/mol. The average Bonchev–Trinajstić information content (AvgIpc) is 2.41. The molecule has 3 N–H and O–H groups in total. The van der Waals surface area contributed by atoms with E-state index in [4.69, 9.17) is 33.0 Å². The molecular formula is C13H19Cl2NO3. The zero-order chi connectivity index (χ0) is 14.3. The molecule has 1 aromatic rings. The summed E-state index contributed by atoms with van der Waals surface area (Å²) < 4.78 is 5.41. The van der Waals surface area contributed by atoms with Crippen molar-refractivity contribution in [3.63, 3.8) is 0 Å². The molecule has 1 rings (SSSR count). The summed E-state index contributed by atoms with van der Waals surface area (Å²) in [5, 5.41) is 22.8. The summed E-state index contributed by atoms with van der Waals surface area (Å²) in [6.07, 6.45) is 0.111. The molecule has 2 unspecified atom stereocenters. The monoisotopic (exact) mass is 307 g/mol. The molecule has 0 aliphatic heterocycles. The van der Waals surface area contributed by atoms with Gasteiger partial charge in [-0.15, -0.1) is 0 Å². The molecule has 0 bridgehead atoms. The summed E-state index contributed by atoms with van der Waals surface area (Å²) in [4.78, 5) is 0. The van der Waals surface area contributed by atoms with Gasteiger partial charge in [-0.2, -0.15) is 0 Å². The van der Waals surface area contributed by atoms with Gasteiger partial charge in [0.1, 0.15) is 18.5 Å². The van der Waals surface area contributed by atoms with Gasteiger partial charge in [0, 0.05) is 23.7 Å². The van der Waals surface area contributed by atoms with Crippen LogP contribution in [0, 0.1) is 0 Å². The molecule has 0 aliphatic carbocycles. The van der Waals surface area contributed by atoms with E-state index in [1.165, 1.54) is 0 Å². The highest BCUT2D eigenvalue weighted by molar-refractivity contribution is 6.34. The fourth-order valence-corrected chi connectivity index (χ4v) is 1.81. The van der Waals surface area contributed by atoms with Crippen LogP contribution in [0.5, 0.6) is 5.75 Å². The van der Waals surface area contributed by atoms with E-state index in [9.17, 15) is 5.11 Å². The largest absolute Gasteiger partial charge is 0.489 e.